The molecule has 0 bridgehead atoms. The summed E-state index contributed by atoms with van der Waals surface area (Å²) < 4.78 is 26.6. The SMILES string of the molecule is Cc1ccc(S(=O)(=O)n2ccc3cccc(Cl)c32)cc1. The number of rotatable bonds is 2. The van der Waals surface area contributed by atoms with Crippen LogP contribution in [0.15, 0.2) is 59.6 Å². The molecule has 0 radical (unpaired) electrons. The van der Waals surface area contributed by atoms with E-state index in [2.05, 4.69) is 0 Å². The van der Waals surface area contributed by atoms with E-state index < -0.39 is 10.0 Å². The fraction of sp³-hybridized carbons (Fsp3) is 0.0667. The first-order chi connectivity index (χ1) is 9.50. The van der Waals surface area contributed by atoms with Gasteiger partial charge in [-0.15, -0.1) is 0 Å². The smallest absolute Gasteiger partial charge is 0.240 e. The summed E-state index contributed by atoms with van der Waals surface area (Å²) in [7, 11) is -3.63. The van der Waals surface area contributed by atoms with Crippen molar-refractivity contribution in [2.45, 2.75) is 11.8 Å². The van der Waals surface area contributed by atoms with E-state index in [1.807, 2.05) is 13.0 Å². The van der Waals surface area contributed by atoms with Gasteiger partial charge in [-0.2, -0.15) is 0 Å². The number of halogens is 1. The van der Waals surface area contributed by atoms with Gasteiger partial charge in [0, 0.05) is 11.6 Å². The minimum atomic E-state index is -3.63. The van der Waals surface area contributed by atoms with Gasteiger partial charge in [0.05, 0.1) is 15.4 Å². The van der Waals surface area contributed by atoms with Crippen molar-refractivity contribution in [2.24, 2.45) is 0 Å². The Labute approximate surface area is 122 Å². The van der Waals surface area contributed by atoms with Gasteiger partial charge in [0.15, 0.2) is 0 Å². The number of benzene rings is 2. The fourth-order valence-corrected chi connectivity index (χ4v) is 3.84. The summed E-state index contributed by atoms with van der Waals surface area (Å²) in [6.07, 6.45) is 1.53. The molecule has 0 aliphatic carbocycles. The maximum absolute atomic E-state index is 12.7. The summed E-state index contributed by atoms with van der Waals surface area (Å²) in [6.45, 7) is 1.92. The van der Waals surface area contributed by atoms with Crippen molar-refractivity contribution in [1.82, 2.24) is 3.97 Å². The molecule has 1 aromatic heterocycles. The maximum atomic E-state index is 12.7. The molecule has 102 valence electrons. The van der Waals surface area contributed by atoms with Crippen LogP contribution in [0.4, 0.5) is 0 Å². The van der Waals surface area contributed by atoms with E-state index in [4.69, 9.17) is 11.6 Å². The van der Waals surface area contributed by atoms with E-state index >= 15 is 0 Å². The number of para-hydroxylation sites is 1. The lowest BCUT2D eigenvalue weighted by Gasteiger charge is -2.08. The molecule has 0 saturated heterocycles. The second kappa shape index (κ2) is 4.65. The number of aromatic nitrogens is 1. The van der Waals surface area contributed by atoms with E-state index in [1.54, 1.807) is 42.5 Å². The predicted molar refractivity (Wildman–Crippen MR) is 80.7 cm³/mol. The Morgan fingerprint density at radius 1 is 1.00 bits per heavy atom. The van der Waals surface area contributed by atoms with E-state index in [9.17, 15) is 8.42 Å². The summed E-state index contributed by atoms with van der Waals surface area (Å²) in [5.74, 6) is 0. The predicted octanol–water partition coefficient (Wildman–Crippen LogP) is 3.84. The van der Waals surface area contributed by atoms with Crippen LogP contribution >= 0.6 is 11.6 Å². The van der Waals surface area contributed by atoms with Crippen molar-refractivity contribution in [2.75, 3.05) is 0 Å². The summed E-state index contributed by atoms with van der Waals surface area (Å²) in [5, 5.41) is 1.22. The molecule has 2 aromatic carbocycles. The molecule has 3 nitrogen and oxygen atoms in total. The summed E-state index contributed by atoms with van der Waals surface area (Å²) in [4.78, 5) is 0.250. The molecule has 3 aromatic rings. The Bertz CT molecular complexity index is 880. The first kappa shape index (κ1) is 13.2. The minimum Gasteiger partial charge on any atom is -0.240 e. The van der Waals surface area contributed by atoms with Gasteiger partial charge in [-0.05, 0) is 31.2 Å². The van der Waals surface area contributed by atoms with Crippen LogP contribution in [0.3, 0.4) is 0 Å². The Morgan fingerprint density at radius 3 is 2.40 bits per heavy atom. The molecule has 0 unspecified atom stereocenters. The van der Waals surface area contributed by atoms with Crippen molar-refractivity contribution in [3.8, 4) is 0 Å². The first-order valence-electron chi connectivity index (χ1n) is 6.08. The summed E-state index contributed by atoms with van der Waals surface area (Å²) >= 11 is 6.14. The fourth-order valence-electron chi connectivity index (χ4n) is 2.15. The Morgan fingerprint density at radius 2 is 1.70 bits per heavy atom. The third-order valence-corrected chi connectivity index (χ3v) is 5.20. The van der Waals surface area contributed by atoms with Crippen LogP contribution in [0, 0.1) is 6.92 Å². The lowest BCUT2D eigenvalue weighted by atomic mass is 10.2. The van der Waals surface area contributed by atoms with Crippen LogP contribution in [-0.4, -0.2) is 12.4 Å². The molecule has 0 aliphatic heterocycles. The number of fused-ring (bicyclic) bond motifs is 1. The van der Waals surface area contributed by atoms with Crippen LogP contribution < -0.4 is 0 Å². The molecule has 1 heterocycles. The van der Waals surface area contributed by atoms with Gasteiger partial charge >= 0.3 is 0 Å². The standard InChI is InChI=1S/C15H12ClNO2S/c1-11-5-7-13(8-6-11)20(18,19)17-10-9-12-3-2-4-14(16)15(12)17/h2-10H,1H3. The van der Waals surface area contributed by atoms with Crippen molar-refractivity contribution in [3.05, 3.63) is 65.3 Å². The number of nitrogens with zero attached hydrogens (tertiary/aromatic N) is 1. The molecule has 5 heteroatoms. The average molecular weight is 306 g/mol. The third-order valence-electron chi connectivity index (χ3n) is 3.21. The topological polar surface area (TPSA) is 39.1 Å². The van der Waals surface area contributed by atoms with Gasteiger partial charge in [-0.1, -0.05) is 41.4 Å². The lowest BCUT2D eigenvalue weighted by molar-refractivity contribution is 0.589. The summed E-state index contributed by atoms with van der Waals surface area (Å²) in [6, 6.07) is 13.8. The molecule has 0 N–H and O–H groups in total. The van der Waals surface area contributed by atoms with Gasteiger partial charge in [0.2, 0.25) is 0 Å². The molecule has 0 spiro atoms. The van der Waals surface area contributed by atoms with Crippen LogP contribution in [0.25, 0.3) is 10.9 Å². The van der Waals surface area contributed by atoms with Crippen LogP contribution in [0.5, 0.6) is 0 Å². The monoisotopic (exact) mass is 305 g/mol. The van der Waals surface area contributed by atoms with Crippen LogP contribution in [0.2, 0.25) is 5.02 Å². The van der Waals surface area contributed by atoms with Gasteiger partial charge in [-0.25, -0.2) is 12.4 Å². The first-order valence-corrected chi connectivity index (χ1v) is 7.90. The highest BCUT2D eigenvalue weighted by Gasteiger charge is 2.19. The molecule has 0 atom stereocenters. The Kier molecular flexibility index (Phi) is 3.07. The highest BCUT2D eigenvalue weighted by Crippen LogP contribution is 2.28. The Balaban J connectivity index is 2.27. The molecule has 0 amide bonds. The van der Waals surface area contributed by atoms with E-state index in [0.29, 0.717) is 10.5 Å². The largest absolute Gasteiger partial charge is 0.268 e. The molecule has 0 aliphatic rings. The van der Waals surface area contributed by atoms with Gasteiger partial charge < -0.3 is 0 Å². The maximum Gasteiger partial charge on any atom is 0.268 e. The van der Waals surface area contributed by atoms with Crippen LogP contribution in [0.1, 0.15) is 5.56 Å². The molecule has 20 heavy (non-hydrogen) atoms. The highest BCUT2D eigenvalue weighted by molar-refractivity contribution is 7.90. The van der Waals surface area contributed by atoms with Gasteiger partial charge in [-0.3, -0.25) is 0 Å². The molecule has 0 saturated carbocycles. The molecular formula is C15H12ClNO2S. The van der Waals surface area contributed by atoms with Crippen molar-refractivity contribution in [1.29, 1.82) is 0 Å². The van der Waals surface area contributed by atoms with Gasteiger partial charge in [0.25, 0.3) is 10.0 Å². The molecular weight excluding hydrogens is 294 g/mol. The Hall–Kier alpha value is -1.78. The average Bonchev–Trinajstić information content (AvgIpc) is 2.85. The third kappa shape index (κ3) is 2.01. The van der Waals surface area contributed by atoms with Gasteiger partial charge in [0.1, 0.15) is 0 Å². The van der Waals surface area contributed by atoms with Crippen LogP contribution in [-0.2, 0) is 10.0 Å². The van der Waals surface area contributed by atoms with E-state index in [1.165, 1.54) is 10.2 Å². The van der Waals surface area contributed by atoms with Crippen molar-refractivity contribution >= 4 is 32.5 Å². The van der Waals surface area contributed by atoms with Crippen molar-refractivity contribution < 1.29 is 8.42 Å². The zero-order chi connectivity index (χ0) is 14.3. The number of aryl methyl sites for hydroxylation is 1. The normalized spacial score (nSPS) is 11.9. The lowest BCUT2D eigenvalue weighted by Crippen LogP contribution is -2.11. The van der Waals surface area contributed by atoms with E-state index in [0.717, 1.165) is 10.9 Å². The number of hydrogen-bond acceptors (Lipinski definition) is 2. The van der Waals surface area contributed by atoms with Crippen molar-refractivity contribution in [3.63, 3.8) is 0 Å². The highest BCUT2D eigenvalue weighted by atomic mass is 35.5. The zero-order valence-corrected chi connectivity index (χ0v) is 12.3. The number of hydrogen-bond donors (Lipinski definition) is 0. The quantitative estimate of drug-likeness (QED) is 0.721. The van der Waals surface area contributed by atoms with E-state index in [-0.39, 0.29) is 4.90 Å². The second-order valence-corrected chi connectivity index (χ2v) is 6.83. The molecule has 3 rings (SSSR count). The minimum absolute atomic E-state index is 0.250. The summed E-state index contributed by atoms with van der Waals surface area (Å²) in [5.41, 5.74) is 1.52. The molecule has 0 fully saturated rings. The zero-order valence-electron chi connectivity index (χ0n) is 10.7. The second-order valence-electron chi connectivity index (χ2n) is 4.61.